The van der Waals surface area contributed by atoms with Crippen molar-refractivity contribution < 1.29 is 22.7 Å². The van der Waals surface area contributed by atoms with E-state index in [2.05, 4.69) is 4.72 Å². The molecule has 2 aromatic rings. The molecule has 0 radical (unpaired) electrons. The molecule has 1 fully saturated rings. The summed E-state index contributed by atoms with van der Waals surface area (Å²) in [6.07, 6.45) is 1.97. The zero-order valence-corrected chi connectivity index (χ0v) is 17.2. The van der Waals surface area contributed by atoms with E-state index in [0.717, 1.165) is 11.8 Å². The molecule has 0 unspecified atom stereocenters. The fourth-order valence-corrected chi connectivity index (χ4v) is 4.32. The summed E-state index contributed by atoms with van der Waals surface area (Å²) >= 11 is 0. The molecular weight excluding hydrogens is 392 g/mol. The van der Waals surface area contributed by atoms with E-state index in [4.69, 9.17) is 4.74 Å². The van der Waals surface area contributed by atoms with E-state index in [1.807, 2.05) is 30.3 Å². The number of ether oxygens (including phenoxy) is 1. The fourth-order valence-electron chi connectivity index (χ4n) is 3.77. The van der Waals surface area contributed by atoms with Gasteiger partial charge < -0.3 is 9.64 Å². The molecule has 0 atom stereocenters. The Kier molecular flexibility index (Phi) is 5.93. The largest absolute Gasteiger partial charge is 0.468 e. The van der Waals surface area contributed by atoms with Crippen LogP contribution in [0.1, 0.15) is 28.8 Å². The highest BCUT2D eigenvalue weighted by atomic mass is 32.2. The second-order valence-corrected chi connectivity index (χ2v) is 8.94. The SMILES string of the molecule is COC(=O)C1(c2ccccc2)CCN(C(=O)c2cccc(NS(C)(=O)=O)c2)CC1. The molecule has 3 rings (SSSR count). The van der Waals surface area contributed by atoms with Crippen molar-refractivity contribution in [3.63, 3.8) is 0 Å². The van der Waals surface area contributed by atoms with Gasteiger partial charge in [-0.1, -0.05) is 36.4 Å². The van der Waals surface area contributed by atoms with Crippen LogP contribution < -0.4 is 4.72 Å². The van der Waals surface area contributed by atoms with Crippen molar-refractivity contribution >= 4 is 27.6 Å². The molecule has 0 spiro atoms. The number of piperidine rings is 1. The van der Waals surface area contributed by atoms with Crippen molar-refractivity contribution in [1.82, 2.24) is 4.90 Å². The van der Waals surface area contributed by atoms with E-state index in [1.54, 1.807) is 23.1 Å². The number of amides is 1. The number of methoxy groups -OCH3 is 1. The lowest BCUT2D eigenvalue weighted by Crippen LogP contribution is -2.49. The van der Waals surface area contributed by atoms with E-state index in [0.29, 0.717) is 37.2 Å². The lowest BCUT2D eigenvalue weighted by Gasteiger charge is -2.40. The fraction of sp³-hybridized carbons (Fsp3) is 0.333. The maximum absolute atomic E-state index is 12.9. The number of hydrogen-bond acceptors (Lipinski definition) is 5. The van der Waals surface area contributed by atoms with Crippen LogP contribution in [0.3, 0.4) is 0 Å². The van der Waals surface area contributed by atoms with E-state index in [9.17, 15) is 18.0 Å². The number of carbonyl (C=O) groups is 2. The van der Waals surface area contributed by atoms with Gasteiger partial charge in [0.1, 0.15) is 0 Å². The predicted octanol–water partition coefficient (Wildman–Crippen LogP) is 2.41. The number of anilines is 1. The second-order valence-electron chi connectivity index (χ2n) is 7.19. The van der Waals surface area contributed by atoms with E-state index in [-0.39, 0.29) is 11.9 Å². The Bertz CT molecular complexity index is 997. The van der Waals surface area contributed by atoms with Gasteiger partial charge in [0.25, 0.3) is 5.91 Å². The third kappa shape index (κ3) is 4.59. The van der Waals surface area contributed by atoms with Crippen LogP contribution in [0.2, 0.25) is 0 Å². The van der Waals surface area contributed by atoms with Gasteiger partial charge in [-0.15, -0.1) is 0 Å². The molecule has 0 bridgehead atoms. The van der Waals surface area contributed by atoms with Crippen molar-refractivity contribution in [2.24, 2.45) is 0 Å². The van der Waals surface area contributed by atoms with Crippen LogP contribution in [0.15, 0.2) is 54.6 Å². The average Bonchev–Trinajstić information content (AvgIpc) is 2.72. The Morgan fingerprint density at radius 2 is 1.69 bits per heavy atom. The number of benzene rings is 2. The Balaban J connectivity index is 1.78. The van der Waals surface area contributed by atoms with Crippen LogP contribution in [-0.2, 0) is 25.0 Å². The zero-order chi connectivity index (χ0) is 21.1. The maximum atomic E-state index is 12.9. The lowest BCUT2D eigenvalue weighted by atomic mass is 9.72. The van der Waals surface area contributed by atoms with Crippen molar-refractivity contribution in [3.8, 4) is 0 Å². The Labute approximate surface area is 170 Å². The molecule has 1 amide bonds. The number of rotatable bonds is 5. The van der Waals surface area contributed by atoms with Crippen molar-refractivity contribution in [1.29, 1.82) is 0 Å². The molecule has 1 saturated heterocycles. The highest BCUT2D eigenvalue weighted by Gasteiger charge is 2.44. The minimum Gasteiger partial charge on any atom is -0.468 e. The Hall–Kier alpha value is -2.87. The molecular formula is C21H24N2O5S. The minimum absolute atomic E-state index is 0.200. The predicted molar refractivity (Wildman–Crippen MR) is 110 cm³/mol. The van der Waals surface area contributed by atoms with E-state index in [1.165, 1.54) is 13.2 Å². The first kappa shape index (κ1) is 20.9. The van der Waals surface area contributed by atoms with Crippen molar-refractivity contribution in [3.05, 3.63) is 65.7 Å². The van der Waals surface area contributed by atoms with Crippen molar-refractivity contribution in [2.45, 2.75) is 18.3 Å². The molecule has 8 heteroatoms. The van der Waals surface area contributed by atoms with Gasteiger partial charge in [0, 0.05) is 24.3 Å². The van der Waals surface area contributed by atoms with Gasteiger partial charge in [-0.2, -0.15) is 0 Å². The van der Waals surface area contributed by atoms with Gasteiger partial charge in [0.2, 0.25) is 10.0 Å². The third-order valence-corrected chi connectivity index (χ3v) is 5.83. The van der Waals surface area contributed by atoms with Crippen LogP contribution in [0.4, 0.5) is 5.69 Å². The number of carbonyl (C=O) groups excluding carboxylic acids is 2. The zero-order valence-electron chi connectivity index (χ0n) is 16.4. The van der Waals surface area contributed by atoms with Gasteiger partial charge >= 0.3 is 5.97 Å². The normalized spacial score (nSPS) is 16.1. The number of nitrogens with zero attached hydrogens (tertiary/aromatic N) is 1. The second kappa shape index (κ2) is 8.24. The molecule has 0 aromatic heterocycles. The quantitative estimate of drug-likeness (QED) is 0.756. The summed E-state index contributed by atoms with van der Waals surface area (Å²) in [6.45, 7) is 0.791. The van der Waals surface area contributed by atoms with Crippen LogP contribution in [0.5, 0.6) is 0 Å². The molecule has 2 aromatic carbocycles. The van der Waals surface area contributed by atoms with Crippen LogP contribution >= 0.6 is 0 Å². The summed E-state index contributed by atoms with van der Waals surface area (Å²) in [5.74, 6) is -0.496. The highest BCUT2D eigenvalue weighted by molar-refractivity contribution is 7.92. The average molecular weight is 416 g/mol. The smallest absolute Gasteiger partial charge is 0.316 e. The number of sulfonamides is 1. The Morgan fingerprint density at radius 3 is 2.28 bits per heavy atom. The van der Waals surface area contributed by atoms with Gasteiger partial charge in [0.05, 0.1) is 18.8 Å². The molecule has 7 nitrogen and oxygen atoms in total. The minimum atomic E-state index is -3.43. The first-order valence-corrected chi connectivity index (χ1v) is 11.2. The number of hydrogen-bond donors (Lipinski definition) is 1. The molecule has 1 heterocycles. The standard InChI is InChI=1S/C21H24N2O5S/c1-28-20(25)21(17-8-4-3-5-9-17)11-13-23(14-12-21)19(24)16-7-6-10-18(15-16)22-29(2,26)27/h3-10,15,22H,11-14H2,1-2H3. The molecule has 1 aliphatic rings. The van der Waals surface area contributed by atoms with Crippen molar-refractivity contribution in [2.75, 3.05) is 31.2 Å². The van der Waals surface area contributed by atoms with Gasteiger partial charge in [-0.05, 0) is 36.6 Å². The molecule has 1 aliphatic heterocycles. The highest BCUT2D eigenvalue weighted by Crippen LogP contribution is 2.37. The molecule has 154 valence electrons. The van der Waals surface area contributed by atoms with Crippen LogP contribution in [0, 0.1) is 0 Å². The number of nitrogens with one attached hydrogen (secondary N) is 1. The van der Waals surface area contributed by atoms with E-state index >= 15 is 0 Å². The van der Waals surface area contributed by atoms with Gasteiger partial charge in [-0.3, -0.25) is 14.3 Å². The van der Waals surface area contributed by atoms with Gasteiger partial charge in [-0.25, -0.2) is 8.42 Å². The molecule has 0 saturated carbocycles. The first-order chi connectivity index (χ1) is 13.7. The monoisotopic (exact) mass is 416 g/mol. The van der Waals surface area contributed by atoms with E-state index < -0.39 is 15.4 Å². The summed E-state index contributed by atoms with van der Waals surface area (Å²) < 4.78 is 30.3. The summed E-state index contributed by atoms with van der Waals surface area (Å²) in [5.41, 5.74) is 0.845. The summed E-state index contributed by atoms with van der Waals surface area (Å²) in [7, 11) is -2.05. The molecule has 1 N–H and O–H groups in total. The number of likely N-dealkylation sites (tertiary alicyclic amines) is 1. The van der Waals surface area contributed by atoms with Gasteiger partial charge in [0.15, 0.2) is 0 Å². The topological polar surface area (TPSA) is 92.8 Å². The lowest BCUT2D eigenvalue weighted by molar-refractivity contribution is -0.149. The first-order valence-electron chi connectivity index (χ1n) is 9.26. The van der Waals surface area contributed by atoms with Crippen LogP contribution in [0.25, 0.3) is 0 Å². The molecule has 29 heavy (non-hydrogen) atoms. The Morgan fingerprint density at radius 1 is 1.03 bits per heavy atom. The third-order valence-electron chi connectivity index (χ3n) is 5.22. The maximum Gasteiger partial charge on any atom is 0.316 e. The molecule has 0 aliphatic carbocycles. The summed E-state index contributed by atoms with van der Waals surface area (Å²) in [6, 6.07) is 15.9. The summed E-state index contributed by atoms with van der Waals surface area (Å²) in [5, 5.41) is 0. The summed E-state index contributed by atoms with van der Waals surface area (Å²) in [4.78, 5) is 27.2. The van der Waals surface area contributed by atoms with Crippen LogP contribution in [-0.4, -0.2) is 51.6 Å². The number of esters is 1.